The molecule has 0 radical (unpaired) electrons. The molecule has 1 heterocycles. The maximum absolute atomic E-state index is 13.8. The normalized spacial score (nSPS) is 12.4. The Morgan fingerprint density at radius 2 is 1.47 bits per heavy atom. The van der Waals surface area contributed by atoms with Crippen LogP contribution in [0.3, 0.4) is 0 Å². The fourth-order valence-electron chi connectivity index (χ4n) is 4.35. The zero-order valence-corrected chi connectivity index (χ0v) is 18.7. The van der Waals surface area contributed by atoms with E-state index < -0.39 is 11.7 Å². The van der Waals surface area contributed by atoms with Gasteiger partial charge in [-0.3, -0.25) is 9.59 Å². The number of para-hydroxylation sites is 1. The van der Waals surface area contributed by atoms with Crippen LogP contribution in [-0.4, -0.2) is 11.8 Å². The highest BCUT2D eigenvalue weighted by atomic mass is 19.1. The second kappa shape index (κ2) is 8.94. The van der Waals surface area contributed by atoms with Crippen LogP contribution < -0.4 is 10.2 Å². The topological polar surface area (TPSA) is 49.4 Å². The summed E-state index contributed by atoms with van der Waals surface area (Å²) in [6.45, 7) is 2.06. The summed E-state index contributed by atoms with van der Waals surface area (Å²) in [6, 6.07) is 27.4. The number of carbonyl (C=O) groups is 2. The van der Waals surface area contributed by atoms with Crippen LogP contribution in [0.5, 0.6) is 0 Å². The van der Waals surface area contributed by atoms with Gasteiger partial charge in [0.25, 0.3) is 11.8 Å². The average molecular weight is 451 g/mol. The minimum atomic E-state index is -0.423. The highest BCUT2D eigenvalue weighted by Crippen LogP contribution is 2.31. The van der Waals surface area contributed by atoms with Gasteiger partial charge in [-0.25, -0.2) is 4.39 Å². The van der Waals surface area contributed by atoms with E-state index in [1.54, 1.807) is 37.3 Å². The van der Waals surface area contributed by atoms with Crippen molar-refractivity contribution in [2.24, 2.45) is 0 Å². The van der Waals surface area contributed by atoms with Crippen molar-refractivity contribution in [3.8, 4) is 0 Å². The molecule has 5 heteroatoms. The predicted octanol–water partition coefficient (Wildman–Crippen LogP) is 6.14. The Bertz CT molecular complexity index is 1400. The Kier molecular flexibility index (Phi) is 5.68. The van der Waals surface area contributed by atoms with Gasteiger partial charge < -0.3 is 10.2 Å². The molecule has 0 atom stereocenters. The summed E-state index contributed by atoms with van der Waals surface area (Å²) in [6.07, 6.45) is 0.778. The third-order valence-corrected chi connectivity index (χ3v) is 6.26. The van der Waals surface area contributed by atoms with Gasteiger partial charge in [0.05, 0.1) is 6.54 Å². The Balaban J connectivity index is 1.40. The van der Waals surface area contributed by atoms with Crippen LogP contribution in [0.1, 0.15) is 43.0 Å². The van der Waals surface area contributed by atoms with Crippen LogP contribution in [0.25, 0.3) is 0 Å². The van der Waals surface area contributed by atoms with Gasteiger partial charge >= 0.3 is 0 Å². The number of nitrogens with zero attached hydrogens (tertiary/aromatic N) is 1. The van der Waals surface area contributed by atoms with Crippen molar-refractivity contribution in [2.45, 2.75) is 19.9 Å². The van der Waals surface area contributed by atoms with E-state index in [0.717, 1.165) is 23.2 Å². The smallest absolute Gasteiger partial charge is 0.258 e. The lowest BCUT2D eigenvalue weighted by Gasteiger charge is -2.23. The fraction of sp³-hybridized carbons (Fsp3) is 0.103. The molecule has 1 N–H and O–H groups in total. The number of carbonyl (C=O) groups excluding carboxylic acids is 2. The lowest BCUT2D eigenvalue weighted by Crippen LogP contribution is -2.30. The van der Waals surface area contributed by atoms with Crippen LogP contribution >= 0.6 is 0 Å². The molecule has 1 aliphatic rings. The Morgan fingerprint density at radius 3 is 2.24 bits per heavy atom. The van der Waals surface area contributed by atoms with Gasteiger partial charge in [-0.2, -0.15) is 0 Å². The third-order valence-electron chi connectivity index (χ3n) is 6.26. The molecule has 4 aromatic carbocycles. The van der Waals surface area contributed by atoms with E-state index >= 15 is 0 Å². The van der Waals surface area contributed by atoms with Crippen molar-refractivity contribution in [3.63, 3.8) is 0 Å². The summed E-state index contributed by atoms with van der Waals surface area (Å²) in [5, 5.41) is 2.78. The minimum Gasteiger partial charge on any atom is -0.322 e. The number of anilines is 2. The molecule has 0 saturated heterocycles. The van der Waals surface area contributed by atoms with Crippen molar-refractivity contribution in [1.82, 2.24) is 0 Å². The van der Waals surface area contributed by atoms with E-state index in [-0.39, 0.29) is 11.5 Å². The van der Waals surface area contributed by atoms with Gasteiger partial charge in [0.1, 0.15) is 5.82 Å². The summed E-state index contributed by atoms with van der Waals surface area (Å²) in [5.74, 6) is -0.926. The number of hydrogen-bond acceptors (Lipinski definition) is 2. The molecule has 0 fully saturated rings. The third kappa shape index (κ3) is 4.08. The lowest BCUT2D eigenvalue weighted by atomic mass is 10.0. The SMILES string of the molecule is Cc1c(F)cccc1C(=O)Nc1ccc(C(=O)N2Cc3ccccc3Cc3ccccc32)cc1. The van der Waals surface area contributed by atoms with Gasteiger partial charge in [0.15, 0.2) is 0 Å². The molecule has 4 nitrogen and oxygen atoms in total. The number of fused-ring (bicyclic) bond motifs is 2. The molecule has 0 spiro atoms. The number of amides is 2. The quantitative estimate of drug-likeness (QED) is 0.408. The lowest BCUT2D eigenvalue weighted by molar-refractivity contribution is 0.0984. The highest BCUT2D eigenvalue weighted by Gasteiger charge is 2.24. The van der Waals surface area contributed by atoms with Crippen LogP contribution in [-0.2, 0) is 13.0 Å². The predicted molar refractivity (Wildman–Crippen MR) is 132 cm³/mol. The van der Waals surface area contributed by atoms with Crippen molar-refractivity contribution >= 4 is 23.2 Å². The molecule has 0 bridgehead atoms. The number of benzene rings is 4. The van der Waals surface area contributed by atoms with Crippen molar-refractivity contribution in [2.75, 3.05) is 10.2 Å². The van der Waals surface area contributed by atoms with E-state index in [1.165, 1.54) is 17.7 Å². The van der Waals surface area contributed by atoms with Gasteiger partial charge in [0, 0.05) is 22.5 Å². The Hall–Kier alpha value is -4.25. The Morgan fingerprint density at radius 1 is 0.794 bits per heavy atom. The van der Waals surface area contributed by atoms with Gasteiger partial charge in [-0.1, -0.05) is 48.5 Å². The second-order valence-electron chi connectivity index (χ2n) is 8.41. The molecule has 0 saturated carbocycles. The van der Waals surface area contributed by atoms with E-state index in [9.17, 15) is 14.0 Å². The molecule has 1 aliphatic heterocycles. The summed E-state index contributed by atoms with van der Waals surface area (Å²) in [5.41, 5.74) is 5.99. The van der Waals surface area contributed by atoms with Crippen LogP contribution in [0.15, 0.2) is 91.0 Å². The van der Waals surface area contributed by atoms with E-state index in [1.807, 2.05) is 35.2 Å². The van der Waals surface area contributed by atoms with Crippen molar-refractivity contribution < 1.29 is 14.0 Å². The van der Waals surface area contributed by atoms with Gasteiger partial charge in [-0.05, 0) is 78.1 Å². The summed E-state index contributed by atoms with van der Waals surface area (Å²) < 4.78 is 13.8. The zero-order chi connectivity index (χ0) is 23.7. The fourth-order valence-corrected chi connectivity index (χ4v) is 4.35. The molecule has 0 aliphatic carbocycles. The molecule has 34 heavy (non-hydrogen) atoms. The second-order valence-corrected chi connectivity index (χ2v) is 8.41. The van der Waals surface area contributed by atoms with Crippen molar-refractivity contribution in [3.05, 3.63) is 130 Å². The van der Waals surface area contributed by atoms with E-state index in [0.29, 0.717) is 23.4 Å². The van der Waals surface area contributed by atoms with Crippen LogP contribution in [0, 0.1) is 12.7 Å². The number of rotatable bonds is 3. The maximum atomic E-state index is 13.8. The highest BCUT2D eigenvalue weighted by molar-refractivity contribution is 6.08. The first-order valence-corrected chi connectivity index (χ1v) is 11.1. The molecule has 168 valence electrons. The monoisotopic (exact) mass is 450 g/mol. The minimum absolute atomic E-state index is 0.108. The molecule has 0 unspecified atom stereocenters. The van der Waals surface area contributed by atoms with E-state index in [2.05, 4.69) is 23.5 Å². The molecular weight excluding hydrogens is 427 g/mol. The number of hydrogen-bond donors (Lipinski definition) is 1. The summed E-state index contributed by atoms with van der Waals surface area (Å²) in [4.78, 5) is 28.0. The number of nitrogens with one attached hydrogen (secondary N) is 1. The maximum Gasteiger partial charge on any atom is 0.258 e. The molecule has 2 amide bonds. The summed E-state index contributed by atoms with van der Waals surface area (Å²) in [7, 11) is 0. The standard InChI is InChI=1S/C29H23FN2O2/c1-19-25(10-6-11-26(19)30)28(33)31-24-15-13-20(14-16-24)29(34)32-18-23-9-3-2-7-21(23)17-22-8-4-5-12-27(22)32/h2-16H,17-18H2,1H3,(H,31,33). The van der Waals surface area contributed by atoms with E-state index in [4.69, 9.17) is 0 Å². The largest absolute Gasteiger partial charge is 0.322 e. The first kappa shape index (κ1) is 21.6. The van der Waals surface area contributed by atoms with Crippen molar-refractivity contribution in [1.29, 1.82) is 0 Å². The zero-order valence-electron chi connectivity index (χ0n) is 18.7. The molecular formula is C29H23FN2O2. The molecule has 0 aromatic heterocycles. The average Bonchev–Trinajstić information content (AvgIpc) is 3.02. The molecule has 4 aromatic rings. The van der Waals surface area contributed by atoms with Crippen LogP contribution in [0.4, 0.5) is 15.8 Å². The summed E-state index contributed by atoms with van der Waals surface area (Å²) >= 11 is 0. The van der Waals surface area contributed by atoms with Gasteiger partial charge in [-0.15, -0.1) is 0 Å². The van der Waals surface area contributed by atoms with Gasteiger partial charge in [0.2, 0.25) is 0 Å². The molecule has 5 rings (SSSR count). The number of halogens is 1. The van der Waals surface area contributed by atoms with Crippen LogP contribution in [0.2, 0.25) is 0 Å². The first-order chi connectivity index (χ1) is 16.5. The first-order valence-electron chi connectivity index (χ1n) is 11.1. The Labute approximate surface area is 197 Å².